The molecule has 4 rings (SSSR count). The van der Waals surface area contributed by atoms with Gasteiger partial charge in [0.05, 0.1) is 11.7 Å². The molecule has 6 heteroatoms. The zero-order valence-electron chi connectivity index (χ0n) is 14.1. The molecule has 1 aromatic heterocycles. The number of piperidine rings is 1. The standard InChI is InChI=1S/C18H25N3O3/c1-20-11-19-10-14(20)12-9-13(12)16(22)21-8-4-7-18(17(23)24)6-3-2-5-15(18)21/h10-13,15H,2-9H2,1H3,(H,23,24)/t12-,13-,15-,18-/m1/s1. The van der Waals surface area contributed by atoms with E-state index < -0.39 is 11.4 Å². The number of carbonyl (C=O) groups excluding carboxylic acids is 1. The highest BCUT2D eigenvalue weighted by atomic mass is 16.4. The quantitative estimate of drug-likeness (QED) is 0.921. The summed E-state index contributed by atoms with van der Waals surface area (Å²) in [6.07, 6.45) is 9.54. The molecular formula is C18H25N3O3. The van der Waals surface area contributed by atoms with Crippen molar-refractivity contribution in [3.8, 4) is 0 Å². The Bertz CT molecular complexity index is 666. The van der Waals surface area contributed by atoms with Gasteiger partial charge in [-0.2, -0.15) is 0 Å². The fraction of sp³-hybridized carbons (Fsp3) is 0.722. The Balaban J connectivity index is 1.54. The summed E-state index contributed by atoms with van der Waals surface area (Å²) >= 11 is 0. The van der Waals surface area contributed by atoms with Gasteiger partial charge in [0.15, 0.2) is 0 Å². The van der Waals surface area contributed by atoms with Gasteiger partial charge in [-0.15, -0.1) is 0 Å². The molecule has 6 nitrogen and oxygen atoms in total. The number of fused-ring (bicyclic) bond motifs is 1. The molecule has 24 heavy (non-hydrogen) atoms. The fourth-order valence-corrected chi connectivity index (χ4v) is 5.04. The number of aryl methyl sites for hydroxylation is 1. The van der Waals surface area contributed by atoms with E-state index in [-0.39, 0.29) is 23.8 Å². The molecule has 0 bridgehead atoms. The average molecular weight is 331 g/mol. The molecule has 2 saturated carbocycles. The van der Waals surface area contributed by atoms with Gasteiger partial charge in [0, 0.05) is 43.4 Å². The molecule has 1 aromatic rings. The lowest BCUT2D eigenvalue weighted by Crippen LogP contribution is -2.59. The summed E-state index contributed by atoms with van der Waals surface area (Å²) in [7, 11) is 1.96. The lowest BCUT2D eigenvalue weighted by molar-refractivity contribution is -0.165. The largest absolute Gasteiger partial charge is 0.481 e. The van der Waals surface area contributed by atoms with Crippen molar-refractivity contribution >= 4 is 11.9 Å². The molecule has 0 unspecified atom stereocenters. The molecule has 130 valence electrons. The summed E-state index contributed by atoms with van der Waals surface area (Å²) in [6.45, 7) is 0.715. The number of nitrogens with zero attached hydrogens (tertiary/aromatic N) is 3. The molecule has 1 N–H and O–H groups in total. The molecule has 1 saturated heterocycles. The van der Waals surface area contributed by atoms with Gasteiger partial charge < -0.3 is 14.6 Å². The minimum Gasteiger partial charge on any atom is -0.481 e. The van der Waals surface area contributed by atoms with E-state index in [1.165, 1.54) is 0 Å². The van der Waals surface area contributed by atoms with Crippen molar-refractivity contribution < 1.29 is 14.7 Å². The van der Waals surface area contributed by atoms with Crippen LogP contribution in [0.3, 0.4) is 0 Å². The molecule has 2 aliphatic carbocycles. The third-order valence-electron chi connectivity index (χ3n) is 6.44. The van der Waals surface area contributed by atoms with Crippen LogP contribution in [0.25, 0.3) is 0 Å². The van der Waals surface area contributed by atoms with Gasteiger partial charge >= 0.3 is 5.97 Å². The minimum absolute atomic E-state index is 0.00641. The zero-order valence-corrected chi connectivity index (χ0v) is 14.1. The number of carboxylic acids is 1. The SMILES string of the molecule is Cn1cncc1[C@@H]1C[C@H]1C(=O)N1CCC[C@]2(C(=O)O)CCCC[C@@H]12. The van der Waals surface area contributed by atoms with Crippen LogP contribution in [0.5, 0.6) is 0 Å². The number of amides is 1. The fourth-order valence-electron chi connectivity index (χ4n) is 5.04. The van der Waals surface area contributed by atoms with Crippen molar-refractivity contribution in [2.24, 2.45) is 18.4 Å². The van der Waals surface area contributed by atoms with E-state index in [1.807, 2.05) is 22.7 Å². The Kier molecular flexibility index (Phi) is 3.66. The normalized spacial score (nSPS) is 35.4. The van der Waals surface area contributed by atoms with E-state index in [2.05, 4.69) is 4.98 Å². The molecular weight excluding hydrogens is 306 g/mol. The van der Waals surface area contributed by atoms with E-state index in [4.69, 9.17) is 0 Å². The maximum absolute atomic E-state index is 13.1. The second-order valence-corrected chi connectivity index (χ2v) is 7.74. The molecule has 4 atom stereocenters. The number of rotatable bonds is 3. The highest BCUT2D eigenvalue weighted by Crippen LogP contribution is 2.52. The van der Waals surface area contributed by atoms with E-state index in [0.29, 0.717) is 19.4 Å². The number of imidazole rings is 1. The second-order valence-electron chi connectivity index (χ2n) is 7.74. The number of aliphatic carboxylic acids is 1. The minimum atomic E-state index is -0.705. The Morgan fingerprint density at radius 2 is 2.08 bits per heavy atom. The summed E-state index contributed by atoms with van der Waals surface area (Å²) < 4.78 is 1.98. The number of hydrogen-bond donors (Lipinski definition) is 1. The molecule has 0 aromatic carbocycles. The molecule has 1 aliphatic heterocycles. The topological polar surface area (TPSA) is 75.4 Å². The van der Waals surface area contributed by atoms with E-state index >= 15 is 0 Å². The number of hydrogen-bond acceptors (Lipinski definition) is 3. The van der Waals surface area contributed by atoms with Crippen LogP contribution in [0.2, 0.25) is 0 Å². The number of carbonyl (C=O) groups is 2. The van der Waals surface area contributed by atoms with Crippen LogP contribution in [-0.2, 0) is 16.6 Å². The van der Waals surface area contributed by atoms with Crippen molar-refractivity contribution in [3.05, 3.63) is 18.2 Å². The van der Waals surface area contributed by atoms with E-state index in [1.54, 1.807) is 6.33 Å². The average Bonchev–Trinajstić information content (AvgIpc) is 3.27. The van der Waals surface area contributed by atoms with Crippen molar-refractivity contribution in [3.63, 3.8) is 0 Å². The molecule has 2 heterocycles. The maximum atomic E-state index is 13.1. The first-order valence-corrected chi connectivity index (χ1v) is 9.05. The Morgan fingerprint density at radius 3 is 2.79 bits per heavy atom. The molecule has 1 amide bonds. The predicted octanol–water partition coefficient (Wildman–Crippen LogP) is 2.16. The van der Waals surface area contributed by atoms with Crippen LogP contribution in [0.4, 0.5) is 0 Å². The molecule has 0 spiro atoms. The third kappa shape index (κ3) is 2.26. The van der Waals surface area contributed by atoms with Crippen LogP contribution in [0.1, 0.15) is 56.6 Å². The van der Waals surface area contributed by atoms with Gasteiger partial charge in [0.25, 0.3) is 0 Å². The van der Waals surface area contributed by atoms with Crippen LogP contribution < -0.4 is 0 Å². The van der Waals surface area contributed by atoms with Crippen LogP contribution in [0.15, 0.2) is 12.5 Å². The highest BCUT2D eigenvalue weighted by molar-refractivity contribution is 5.85. The van der Waals surface area contributed by atoms with Crippen LogP contribution in [-0.4, -0.2) is 44.0 Å². The highest BCUT2D eigenvalue weighted by Gasteiger charge is 2.55. The Labute approximate surface area is 141 Å². The first-order chi connectivity index (χ1) is 11.5. The van der Waals surface area contributed by atoms with Crippen molar-refractivity contribution in [1.82, 2.24) is 14.5 Å². The van der Waals surface area contributed by atoms with Crippen molar-refractivity contribution in [2.75, 3.05) is 6.54 Å². The van der Waals surface area contributed by atoms with E-state index in [9.17, 15) is 14.7 Å². The van der Waals surface area contributed by atoms with Gasteiger partial charge in [-0.3, -0.25) is 9.59 Å². The van der Waals surface area contributed by atoms with E-state index in [0.717, 1.165) is 37.8 Å². The maximum Gasteiger partial charge on any atom is 0.311 e. The predicted molar refractivity (Wildman–Crippen MR) is 87.3 cm³/mol. The zero-order chi connectivity index (χ0) is 16.9. The number of carboxylic acid groups (broad SMARTS) is 1. The Morgan fingerprint density at radius 1 is 1.29 bits per heavy atom. The van der Waals surface area contributed by atoms with Crippen LogP contribution in [0, 0.1) is 11.3 Å². The second kappa shape index (κ2) is 5.60. The lowest BCUT2D eigenvalue weighted by Gasteiger charge is -2.50. The Hall–Kier alpha value is -1.85. The van der Waals surface area contributed by atoms with Gasteiger partial charge in [0.1, 0.15) is 0 Å². The smallest absolute Gasteiger partial charge is 0.311 e. The summed E-state index contributed by atoms with van der Waals surface area (Å²) in [5.41, 5.74) is 0.404. The monoisotopic (exact) mass is 331 g/mol. The van der Waals surface area contributed by atoms with Gasteiger partial charge in [-0.1, -0.05) is 12.8 Å². The molecule has 3 fully saturated rings. The molecule has 3 aliphatic rings. The lowest BCUT2D eigenvalue weighted by atomic mass is 9.65. The van der Waals surface area contributed by atoms with Gasteiger partial charge in [-0.25, -0.2) is 4.98 Å². The summed E-state index contributed by atoms with van der Waals surface area (Å²) in [5, 5.41) is 9.87. The number of aromatic nitrogens is 2. The summed E-state index contributed by atoms with van der Waals surface area (Å²) in [5.74, 6) is -0.288. The summed E-state index contributed by atoms with van der Waals surface area (Å²) in [4.78, 5) is 31.2. The van der Waals surface area contributed by atoms with Crippen molar-refractivity contribution in [2.45, 2.75) is 56.9 Å². The first kappa shape index (κ1) is 15.7. The summed E-state index contributed by atoms with van der Waals surface area (Å²) in [6, 6.07) is -0.113. The molecule has 0 radical (unpaired) electrons. The van der Waals surface area contributed by atoms with Crippen LogP contribution >= 0.6 is 0 Å². The van der Waals surface area contributed by atoms with Crippen molar-refractivity contribution in [1.29, 1.82) is 0 Å². The van der Waals surface area contributed by atoms with Gasteiger partial charge in [0.2, 0.25) is 5.91 Å². The van der Waals surface area contributed by atoms with Gasteiger partial charge in [-0.05, 0) is 32.1 Å². The number of likely N-dealkylation sites (tertiary alicyclic amines) is 1. The first-order valence-electron chi connectivity index (χ1n) is 9.05. The third-order valence-corrected chi connectivity index (χ3v) is 6.44.